The number of carbonyl (C=O) groups is 1. The molecule has 0 bridgehead atoms. The van der Waals surface area contributed by atoms with Gasteiger partial charge in [0, 0.05) is 6.54 Å². The molecule has 0 aromatic heterocycles. The molecule has 0 fully saturated rings. The first-order chi connectivity index (χ1) is 10.3. The second-order valence-electron chi connectivity index (χ2n) is 5.13. The van der Waals surface area contributed by atoms with E-state index in [1.807, 2.05) is 12.1 Å². The second kappa shape index (κ2) is 6.00. The van der Waals surface area contributed by atoms with Crippen molar-refractivity contribution in [2.24, 2.45) is 0 Å². The van der Waals surface area contributed by atoms with Gasteiger partial charge in [-0.1, -0.05) is 49.4 Å². The first-order valence-corrected chi connectivity index (χ1v) is 7.18. The summed E-state index contributed by atoms with van der Waals surface area (Å²) < 4.78 is 5.28. The number of fused-ring (bicyclic) bond motifs is 3. The number of carbonyl (C=O) groups excluding carboxylic acids is 1. The van der Waals surface area contributed by atoms with Gasteiger partial charge in [-0.3, -0.25) is 0 Å². The number of nitrogens with one attached hydrogen (secondary N) is 1. The fourth-order valence-corrected chi connectivity index (χ4v) is 2.74. The lowest BCUT2D eigenvalue weighted by Gasteiger charge is -2.10. The van der Waals surface area contributed by atoms with Crippen LogP contribution < -0.4 is 5.32 Å². The van der Waals surface area contributed by atoms with Crippen LogP contribution in [0.15, 0.2) is 42.5 Å². The highest BCUT2D eigenvalue weighted by Crippen LogP contribution is 2.38. The molecule has 3 nitrogen and oxygen atoms in total. The van der Waals surface area contributed by atoms with Gasteiger partial charge in [0.2, 0.25) is 0 Å². The zero-order valence-electron chi connectivity index (χ0n) is 11.9. The van der Waals surface area contributed by atoms with E-state index in [0.717, 1.165) is 12.0 Å². The van der Waals surface area contributed by atoms with Gasteiger partial charge in [0.1, 0.15) is 6.61 Å². The largest absolute Gasteiger partial charge is 0.445 e. The van der Waals surface area contributed by atoms with Crippen molar-refractivity contribution in [3.05, 3.63) is 66.1 Å². The molecule has 0 saturated carbocycles. The van der Waals surface area contributed by atoms with E-state index in [4.69, 9.17) is 4.74 Å². The van der Waals surface area contributed by atoms with E-state index in [0.29, 0.717) is 19.6 Å². The highest BCUT2D eigenvalue weighted by molar-refractivity contribution is 5.78. The molecule has 1 N–H and O–H groups in total. The van der Waals surface area contributed by atoms with Crippen LogP contribution in [0.1, 0.15) is 23.1 Å². The van der Waals surface area contributed by atoms with Crippen molar-refractivity contribution in [3.63, 3.8) is 0 Å². The Kier molecular flexibility index (Phi) is 3.91. The van der Waals surface area contributed by atoms with Gasteiger partial charge < -0.3 is 10.1 Å². The summed E-state index contributed by atoms with van der Waals surface area (Å²) in [5.41, 5.74) is 6.22. The number of hydrogen-bond acceptors (Lipinski definition) is 2. The molecule has 21 heavy (non-hydrogen) atoms. The first kappa shape index (κ1) is 13.7. The highest BCUT2D eigenvalue weighted by atomic mass is 16.5. The highest BCUT2D eigenvalue weighted by Gasteiger charge is 2.20. The third kappa shape index (κ3) is 2.77. The average Bonchev–Trinajstić information content (AvgIpc) is 2.90. The molecule has 0 aliphatic heterocycles. The van der Waals surface area contributed by atoms with Gasteiger partial charge in [-0.05, 0) is 40.7 Å². The number of hydrogen-bond donors (Lipinski definition) is 1. The summed E-state index contributed by atoms with van der Waals surface area (Å²) in [6.07, 6.45) is 1.18. The Morgan fingerprint density at radius 3 is 2.81 bits per heavy atom. The maximum Gasteiger partial charge on any atom is 0.407 e. The normalized spacial score (nSPS) is 11.7. The molecule has 0 saturated heterocycles. The van der Waals surface area contributed by atoms with E-state index < -0.39 is 0 Å². The quantitative estimate of drug-likeness (QED) is 0.791. The average molecular weight is 280 g/mol. The SMILES string of the molecule is [CH2]CCNC(=O)OCc1cccc2c1Cc1ccccc1-2. The molecule has 2 aromatic rings. The zero-order chi connectivity index (χ0) is 14.7. The van der Waals surface area contributed by atoms with Crippen LogP contribution in [0.2, 0.25) is 0 Å². The Balaban J connectivity index is 1.76. The molecule has 1 aliphatic rings. The molecule has 1 radical (unpaired) electrons. The molecule has 0 unspecified atom stereocenters. The van der Waals surface area contributed by atoms with E-state index >= 15 is 0 Å². The molecule has 0 heterocycles. The van der Waals surface area contributed by atoms with Crippen LogP contribution in [0.4, 0.5) is 4.79 Å². The molecule has 2 aromatic carbocycles. The Labute approximate surface area is 124 Å². The minimum Gasteiger partial charge on any atom is -0.445 e. The Morgan fingerprint density at radius 2 is 1.95 bits per heavy atom. The van der Waals surface area contributed by atoms with Gasteiger partial charge in [-0.25, -0.2) is 4.79 Å². The maximum atomic E-state index is 11.5. The van der Waals surface area contributed by atoms with Crippen molar-refractivity contribution < 1.29 is 9.53 Å². The van der Waals surface area contributed by atoms with Gasteiger partial charge in [0.25, 0.3) is 0 Å². The lowest BCUT2D eigenvalue weighted by Crippen LogP contribution is -2.24. The standard InChI is InChI=1S/C18H18NO2/c1-2-10-19-18(20)21-12-14-7-5-9-16-15-8-4-3-6-13(15)11-17(14)16/h3-9H,1-2,10-12H2,(H,19,20). The smallest absolute Gasteiger partial charge is 0.407 e. The lowest BCUT2D eigenvalue weighted by atomic mass is 10.0. The summed E-state index contributed by atoms with van der Waals surface area (Å²) in [5, 5.41) is 2.66. The Hall–Kier alpha value is -2.29. The van der Waals surface area contributed by atoms with Crippen LogP contribution in [0, 0.1) is 6.92 Å². The summed E-state index contributed by atoms with van der Waals surface area (Å²) in [6.45, 7) is 4.52. The predicted molar refractivity (Wildman–Crippen MR) is 82.8 cm³/mol. The van der Waals surface area contributed by atoms with E-state index in [9.17, 15) is 4.79 Å². The second-order valence-corrected chi connectivity index (χ2v) is 5.13. The monoisotopic (exact) mass is 280 g/mol. The van der Waals surface area contributed by atoms with E-state index in [2.05, 4.69) is 42.6 Å². The summed E-state index contributed by atoms with van der Waals surface area (Å²) in [6, 6.07) is 14.6. The van der Waals surface area contributed by atoms with E-state index in [-0.39, 0.29) is 6.09 Å². The van der Waals surface area contributed by atoms with Gasteiger partial charge in [-0.2, -0.15) is 0 Å². The third-order valence-electron chi connectivity index (χ3n) is 3.75. The minimum absolute atomic E-state index is 0.306. The van der Waals surface area contributed by atoms with E-state index in [1.54, 1.807) is 0 Å². The van der Waals surface area contributed by atoms with Crippen molar-refractivity contribution in [2.75, 3.05) is 6.54 Å². The fraction of sp³-hybridized carbons (Fsp3) is 0.222. The third-order valence-corrected chi connectivity index (χ3v) is 3.75. The van der Waals surface area contributed by atoms with Crippen molar-refractivity contribution in [3.8, 4) is 11.1 Å². The van der Waals surface area contributed by atoms with Crippen molar-refractivity contribution >= 4 is 6.09 Å². The lowest BCUT2D eigenvalue weighted by molar-refractivity contribution is 0.139. The van der Waals surface area contributed by atoms with Crippen molar-refractivity contribution in [2.45, 2.75) is 19.4 Å². The molecular weight excluding hydrogens is 262 g/mol. The van der Waals surface area contributed by atoms with Crippen LogP contribution in [-0.2, 0) is 17.8 Å². The number of alkyl carbamates (subject to hydrolysis) is 1. The predicted octanol–water partition coefficient (Wildman–Crippen LogP) is 3.71. The van der Waals surface area contributed by atoms with Gasteiger partial charge in [0.05, 0.1) is 0 Å². The van der Waals surface area contributed by atoms with Crippen molar-refractivity contribution in [1.29, 1.82) is 0 Å². The summed E-state index contributed by atoms with van der Waals surface area (Å²) >= 11 is 0. The van der Waals surface area contributed by atoms with Crippen LogP contribution in [0.25, 0.3) is 11.1 Å². The number of ether oxygens (including phenoxy) is 1. The molecule has 3 rings (SSSR count). The Bertz CT molecular complexity index is 664. The van der Waals surface area contributed by atoms with Crippen molar-refractivity contribution in [1.82, 2.24) is 5.32 Å². The molecule has 0 atom stereocenters. The molecule has 1 aliphatic carbocycles. The first-order valence-electron chi connectivity index (χ1n) is 7.18. The van der Waals surface area contributed by atoms with Crippen LogP contribution in [-0.4, -0.2) is 12.6 Å². The fourth-order valence-electron chi connectivity index (χ4n) is 2.74. The number of amides is 1. The molecule has 3 heteroatoms. The van der Waals surface area contributed by atoms with E-state index in [1.165, 1.54) is 22.3 Å². The van der Waals surface area contributed by atoms with Gasteiger partial charge in [-0.15, -0.1) is 0 Å². The maximum absolute atomic E-state index is 11.5. The zero-order valence-corrected chi connectivity index (χ0v) is 11.9. The van der Waals surface area contributed by atoms with Crippen LogP contribution >= 0.6 is 0 Å². The summed E-state index contributed by atoms with van der Waals surface area (Å²) in [5.74, 6) is 0. The minimum atomic E-state index is -0.383. The molecule has 0 spiro atoms. The topological polar surface area (TPSA) is 38.3 Å². The molecule has 1 amide bonds. The molecule has 107 valence electrons. The van der Waals surface area contributed by atoms with Gasteiger partial charge in [0.15, 0.2) is 0 Å². The van der Waals surface area contributed by atoms with Crippen LogP contribution in [0.3, 0.4) is 0 Å². The summed E-state index contributed by atoms with van der Waals surface area (Å²) in [7, 11) is 0. The summed E-state index contributed by atoms with van der Waals surface area (Å²) in [4.78, 5) is 11.5. The number of benzene rings is 2. The van der Waals surface area contributed by atoms with Crippen LogP contribution in [0.5, 0.6) is 0 Å². The van der Waals surface area contributed by atoms with Gasteiger partial charge >= 0.3 is 6.09 Å². The Morgan fingerprint density at radius 1 is 1.14 bits per heavy atom. The molecular formula is C18H18NO2. The number of rotatable bonds is 4.